The van der Waals surface area contributed by atoms with Gasteiger partial charge in [0.15, 0.2) is 5.75 Å². The van der Waals surface area contributed by atoms with Crippen LogP contribution in [0, 0.1) is 0 Å². The molecule has 0 aliphatic heterocycles. The topological polar surface area (TPSA) is 96.5 Å². The average Bonchev–Trinajstić information content (AvgIpc) is 2.26. The van der Waals surface area contributed by atoms with Gasteiger partial charge in [0.05, 0.1) is 12.4 Å². The maximum Gasteiger partial charge on any atom is 0.316 e. The molecular formula is C11H15NO5S. The fourth-order valence-electron chi connectivity index (χ4n) is 1.27. The van der Waals surface area contributed by atoms with Crippen LogP contribution in [-0.4, -0.2) is 32.6 Å². The Morgan fingerprint density at radius 2 is 2.28 bits per heavy atom. The van der Waals surface area contributed by atoms with E-state index in [1.54, 1.807) is 0 Å². The van der Waals surface area contributed by atoms with E-state index in [-0.39, 0.29) is 16.9 Å². The molecule has 6 nitrogen and oxygen atoms in total. The predicted octanol–water partition coefficient (Wildman–Crippen LogP) is 0.497. The molecule has 2 N–H and O–H groups in total. The van der Waals surface area contributed by atoms with E-state index in [0.717, 1.165) is 6.42 Å². The van der Waals surface area contributed by atoms with Crippen molar-refractivity contribution < 1.29 is 18.8 Å². The van der Waals surface area contributed by atoms with Gasteiger partial charge in [0.2, 0.25) is 5.43 Å². The summed E-state index contributed by atoms with van der Waals surface area (Å²) >= 11 is 0. The molecule has 0 radical (unpaired) electrons. The molecule has 0 saturated carbocycles. The highest BCUT2D eigenvalue weighted by atomic mass is 32.2. The lowest BCUT2D eigenvalue weighted by Crippen LogP contribution is -2.14. The van der Waals surface area contributed by atoms with Gasteiger partial charge in [-0.05, 0) is 6.42 Å². The maximum absolute atomic E-state index is 11.6. The Labute approximate surface area is 106 Å². The van der Waals surface area contributed by atoms with Crippen molar-refractivity contribution >= 4 is 16.8 Å². The third kappa shape index (κ3) is 4.70. The SMILES string of the molecule is CCCOc1c[nH]c(CS(=O)CC(=O)O)cc1=O. The van der Waals surface area contributed by atoms with E-state index in [0.29, 0.717) is 12.3 Å². The Balaban J connectivity index is 2.69. The summed E-state index contributed by atoms with van der Waals surface area (Å²) in [4.78, 5) is 24.7. The number of carboxylic acids is 1. The normalized spacial score (nSPS) is 12.1. The zero-order valence-electron chi connectivity index (χ0n) is 9.97. The van der Waals surface area contributed by atoms with Crippen molar-refractivity contribution in [3.05, 3.63) is 28.2 Å². The molecule has 0 fully saturated rings. The van der Waals surface area contributed by atoms with Crippen molar-refractivity contribution in [3.8, 4) is 5.75 Å². The number of nitrogens with one attached hydrogen (secondary N) is 1. The molecule has 0 bridgehead atoms. The smallest absolute Gasteiger partial charge is 0.316 e. The van der Waals surface area contributed by atoms with Gasteiger partial charge in [0.1, 0.15) is 5.75 Å². The summed E-state index contributed by atoms with van der Waals surface area (Å²) in [5.41, 5.74) is 0.132. The van der Waals surface area contributed by atoms with Crippen LogP contribution in [0.5, 0.6) is 5.75 Å². The van der Waals surface area contributed by atoms with Crippen LogP contribution in [0.4, 0.5) is 0 Å². The fraction of sp³-hybridized carbons (Fsp3) is 0.455. The molecule has 7 heteroatoms. The van der Waals surface area contributed by atoms with E-state index in [1.807, 2.05) is 6.92 Å². The molecule has 0 saturated heterocycles. The van der Waals surface area contributed by atoms with Crippen LogP contribution in [0.25, 0.3) is 0 Å². The second kappa shape index (κ2) is 6.95. The number of hydrogen-bond donors (Lipinski definition) is 2. The summed E-state index contributed by atoms with van der Waals surface area (Å²) in [5.74, 6) is -1.34. The minimum absolute atomic E-state index is 0.00952. The number of H-pyrrole nitrogens is 1. The first-order valence-electron chi connectivity index (χ1n) is 5.44. The molecule has 1 unspecified atom stereocenters. The Morgan fingerprint density at radius 3 is 2.83 bits per heavy atom. The monoisotopic (exact) mass is 273 g/mol. The number of rotatable bonds is 7. The van der Waals surface area contributed by atoms with Crippen LogP contribution in [0.15, 0.2) is 17.1 Å². The van der Waals surface area contributed by atoms with Gasteiger partial charge in [-0.2, -0.15) is 0 Å². The average molecular weight is 273 g/mol. The van der Waals surface area contributed by atoms with E-state index < -0.39 is 22.5 Å². The number of aromatic nitrogens is 1. The van der Waals surface area contributed by atoms with Crippen molar-refractivity contribution in [2.75, 3.05) is 12.4 Å². The van der Waals surface area contributed by atoms with Crippen LogP contribution in [0.1, 0.15) is 19.0 Å². The highest BCUT2D eigenvalue weighted by Crippen LogP contribution is 2.04. The van der Waals surface area contributed by atoms with E-state index in [4.69, 9.17) is 9.84 Å². The van der Waals surface area contributed by atoms with Crippen LogP contribution in [0.2, 0.25) is 0 Å². The van der Waals surface area contributed by atoms with Crippen molar-refractivity contribution in [2.45, 2.75) is 19.1 Å². The molecule has 0 aliphatic carbocycles. The second-order valence-corrected chi connectivity index (χ2v) is 5.11. The molecule has 1 atom stereocenters. The van der Waals surface area contributed by atoms with Crippen molar-refractivity contribution in [1.29, 1.82) is 0 Å². The minimum Gasteiger partial charge on any atom is -0.488 e. The van der Waals surface area contributed by atoms with Crippen LogP contribution >= 0.6 is 0 Å². The van der Waals surface area contributed by atoms with E-state index >= 15 is 0 Å². The second-order valence-electron chi connectivity index (χ2n) is 3.66. The van der Waals surface area contributed by atoms with Gasteiger partial charge in [-0.1, -0.05) is 6.92 Å². The lowest BCUT2D eigenvalue weighted by atomic mass is 10.3. The summed E-state index contributed by atoms with van der Waals surface area (Å²) < 4.78 is 16.6. The van der Waals surface area contributed by atoms with Gasteiger partial charge in [-0.3, -0.25) is 13.8 Å². The number of carbonyl (C=O) groups is 1. The zero-order valence-corrected chi connectivity index (χ0v) is 10.8. The van der Waals surface area contributed by atoms with Gasteiger partial charge in [0.25, 0.3) is 0 Å². The van der Waals surface area contributed by atoms with Crippen molar-refractivity contribution in [1.82, 2.24) is 4.98 Å². The number of hydrogen-bond acceptors (Lipinski definition) is 4. The molecule has 0 aromatic carbocycles. The minimum atomic E-state index is -1.53. The van der Waals surface area contributed by atoms with Gasteiger partial charge in [-0.25, -0.2) is 0 Å². The predicted molar refractivity (Wildman–Crippen MR) is 67.2 cm³/mol. The third-order valence-corrected chi connectivity index (χ3v) is 3.20. The molecule has 100 valence electrons. The molecular weight excluding hydrogens is 258 g/mol. The quantitative estimate of drug-likeness (QED) is 0.754. The van der Waals surface area contributed by atoms with Gasteiger partial charge >= 0.3 is 5.97 Å². The molecule has 1 heterocycles. The zero-order chi connectivity index (χ0) is 13.5. The van der Waals surface area contributed by atoms with Crippen molar-refractivity contribution in [2.24, 2.45) is 0 Å². The molecule has 1 rings (SSSR count). The van der Waals surface area contributed by atoms with E-state index in [9.17, 15) is 13.8 Å². The lowest BCUT2D eigenvalue weighted by molar-refractivity contribution is -0.133. The first-order valence-corrected chi connectivity index (χ1v) is 6.93. The van der Waals surface area contributed by atoms with E-state index in [2.05, 4.69) is 4.98 Å². The summed E-state index contributed by atoms with van der Waals surface area (Å²) in [6.07, 6.45) is 2.20. The highest BCUT2D eigenvalue weighted by molar-refractivity contribution is 7.84. The summed E-state index contributed by atoms with van der Waals surface area (Å²) in [5, 5.41) is 8.47. The van der Waals surface area contributed by atoms with Gasteiger partial charge < -0.3 is 14.8 Å². The Bertz CT molecular complexity index is 496. The summed E-state index contributed by atoms with van der Waals surface area (Å²) in [6.45, 7) is 2.38. The molecule has 0 aliphatic rings. The lowest BCUT2D eigenvalue weighted by Gasteiger charge is -2.05. The maximum atomic E-state index is 11.6. The molecule has 0 amide bonds. The van der Waals surface area contributed by atoms with Crippen LogP contribution < -0.4 is 10.2 Å². The van der Waals surface area contributed by atoms with Gasteiger partial charge in [0, 0.05) is 28.8 Å². The van der Waals surface area contributed by atoms with Crippen LogP contribution in [0.3, 0.4) is 0 Å². The number of carboxylic acid groups (broad SMARTS) is 1. The van der Waals surface area contributed by atoms with Gasteiger partial charge in [-0.15, -0.1) is 0 Å². The summed E-state index contributed by atoms with van der Waals surface area (Å²) in [6, 6.07) is 1.28. The number of ether oxygens (including phenoxy) is 1. The first kappa shape index (κ1) is 14.4. The number of aromatic amines is 1. The fourth-order valence-corrected chi connectivity index (χ4v) is 2.16. The van der Waals surface area contributed by atoms with Crippen LogP contribution in [-0.2, 0) is 21.3 Å². The molecule has 1 aromatic rings. The Morgan fingerprint density at radius 1 is 1.56 bits per heavy atom. The number of aliphatic carboxylic acids is 1. The standard InChI is InChI=1S/C11H15NO5S/c1-2-3-17-10-5-12-8(4-9(10)13)6-18(16)7-11(14)15/h4-5H,2-3,6-7H2,1H3,(H,12,13)(H,14,15). The first-order chi connectivity index (χ1) is 8.52. The molecule has 18 heavy (non-hydrogen) atoms. The molecule has 1 aromatic heterocycles. The highest BCUT2D eigenvalue weighted by Gasteiger charge is 2.09. The van der Waals surface area contributed by atoms with E-state index in [1.165, 1.54) is 12.3 Å². The Hall–Kier alpha value is -1.63. The molecule has 0 spiro atoms. The van der Waals surface area contributed by atoms with Crippen molar-refractivity contribution in [3.63, 3.8) is 0 Å². The largest absolute Gasteiger partial charge is 0.488 e. The Kier molecular flexibility index (Phi) is 5.57. The summed E-state index contributed by atoms with van der Waals surface area (Å²) in [7, 11) is -1.53. The third-order valence-electron chi connectivity index (χ3n) is 2.00. The number of pyridine rings is 1.